The van der Waals surface area contributed by atoms with Gasteiger partial charge in [-0.1, -0.05) is 54.6 Å². The summed E-state index contributed by atoms with van der Waals surface area (Å²) >= 11 is 0. The lowest BCUT2D eigenvalue weighted by molar-refractivity contribution is 0.0303. The summed E-state index contributed by atoms with van der Waals surface area (Å²) in [5.74, 6) is 0.0530. The van der Waals surface area contributed by atoms with Crippen LogP contribution in [0.2, 0.25) is 0 Å². The predicted octanol–water partition coefficient (Wildman–Crippen LogP) is 4.00. The maximum absolute atomic E-state index is 13.3. The number of nitrogens with zero attached hydrogens (tertiary/aromatic N) is 2. The highest BCUT2D eigenvalue weighted by Crippen LogP contribution is 2.39. The lowest BCUT2D eigenvalue weighted by atomic mass is 9.98. The first-order chi connectivity index (χ1) is 14.3. The molecule has 1 N–H and O–H groups in total. The van der Waals surface area contributed by atoms with Gasteiger partial charge in [0.25, 0.3) is 5.91 Å². The van der Waals surface area contributed by atoms with Gasteiger partial charge in [-0.25, -0.2) is 0 Å². The number of hydrogen-bond acceptors (Lipinski definition) is 4. The van der Waals surface area contributed by atoms with E-state index in [1.165, 1.54) is 0 Å². The van der Waals surface area contributed by atoms with Gasteiger partial charge in [0.2, 0.25) is 0 Å². The van der Waals surface area contributed by atoms with Crippen molar-refractivity contribution >= 4 is 17.3 Å². The number of fused-ring (bicyclic) bond motifs is 3. The van der Waals surface area contributed by atoms with Crippen LogP contribution in [0.1, 0.15) is 21.5 Å². The smallest absolute Gasteiger partial charge is 0.254 e. The normalized spacial score (nSPS) is 16.4. The second kappa shape index (κ2) is 7.53. The number of nitrogens with one attached hydrogen (secondary N) is 1. The van der Waals surface area contributed by atoms with Crippen LogP contribution in [0.15, 0.2) is 77.9 Å². The van der Waals surface area contributed by atoms with Gasteiger partial charge in [-0.15, -0.1) is 0 Å². The largest absolute Gasteiger partial charge is 0.378 e. The van der Waals surface area contributed by atoms with Gasteiger partial charge in [0.15, 0.2) is 0 Å². The Hall–Kier alpha value is -3.44. The lowest BCUT2D eigenvalue weighted by Gasteiger charge is -2.27. The molecule has 0 atom stereocenters. The number of carbonyl (C=O) groups is 1. The molecule has 0 saturated carbocycles. The number of hydrazone groups is 1. The van der Waals surface area contributed by atoms with E-state index in [0.29, 0.717) is 26.3 Å². The zero-order chi connectivity index (χ0) is 19.6. The Bertz CT molecular complexity index is 1090. The molecule has 144 valence electrons. The van der Waals surface area contributed by atoms with Gasteiger partial charge in [-0.05, 0) is 23.8 Å². The van der Waals surface area contributed by atoms with Gasteiger partial charge in [0.1, 0.15) is 0 Å². The molecule has 3 aromatic rings. The predicted molar refractivity (Wildman–Crippen MR) is 114 cm³/mol. The fourth-order valence-electron chi connectivity index (χ4n) is 3.96. The van der Waals surface area contributed by atoms with Crippen LogP contribution in [0.4, 0.5) is 5.69 Å². The van der Waals surface area contributed by atoms with Gasteiger partial charge < -0.3 is 9.64 Å². The molecule has 1 heterocycles. The van der Waals surface area contributed by atoms with Gasteiger partial charge >= 0.3 is 0 Å². The highest BCUT2D eigenvalue weighted by Gasteiger charge is 2.31. The Kier molecular flexibility index (Phi) is 4.58. The van der Waals surface area contributed by atoms with E-state index in [9.17, 15) is 4.79 Å². The number of morpholine rings is 1. The number of anilines is 1. The third-order valence-electron chi connectivity index (χ3n) is 5.37. The van der Waals surface area contributed by atoms with Crippen molar-refractivity contribution in [2.45, 2.75) is 0 Å². The second-order valence-electron chi connectivity index (χ2n) is 7.12. The maximum Gasteiger partial charge on any atom is 0.254 e. The summed E-state index contributed by atoms with van der Waals surface area (Å²) in [7, 11) is 0. The zero-order valence-electron chi connectivity index (χ0n) is 16.0. The fraction of sp³-hybridized carbons (Fsp3) is 0.167. The van der Waals surface area contributed by atoms with Gasteiger partial charge in [0, 0.05) is 35.3 Å². The van der Waals surface area contributed by atoms with Crippen molar-refractivity contribution in [3.8, 4) is 11.1 Å². The molecule has 0 unspecified atom stereocenters. The summed E-state index contributed by atoms with van der Waals surface area (Å²) in [4.78, 5) is 15.1. The number of hydrogen-bond donors (Lipinski definition) is 1. The first-order valence-corrected chi connectivity index (χ1v) is 9.82. The number of ether oxygens (including phenoxy) is 1. The average molecular weight is 383 g/mol. The zero-order valence-corrected chi connectivity index (χ0v) is 16.0. The molecular formula is C24H21N3O2. The van der Waals surface area contributed by atoms with E-state index in [-0.39, 0.29) is 5.91 Å². The Morgan fingerprint density at radius 2 is 1.52 bits per heavy atom. The Morgan fingerprint density at radius 3 is 2.31 bits per heavy atom. The van der Waals surface area contributed by atoms with Crippen LogP contribution in [0, 0.1) is 0 Å². The number of para-hydroxylation sites is 1. The summed E-state index contributed by atoms with van der Waals surface area (Å²) in [6.45, 7) is 2.43. The minimum Gasteiger partial charge on any atom is -0.378 e. The number of carbonyl (C=O) groups excluding carboxylic acids is 1. The highest BCUT2D eigenvalue weighted by atomic mass is 16.5. The van der Waals surface area contributed by atoms with Crippen molar-refractivity contribution in [2.24, 2.45) is 5.10 Å². The molecule has 0 radical (unpaired) electrons. The molecule has 0 bridgehead atoms. The number of rotatable bonds is 3. The SMILES string of the molecule is O=C(c1cccc2c1-c1ccccc1/C2=N/Nc1ccccc1)N1CCOCC1. The molecule has 1 amide bonds. The van der Waals surface area contributed by atoms with Crippen LogP contribution in [0.25, 0.3) is 11.1 Å². The summed E-state index contributed by atoms with van der Waals surface area (Å²) < 4.78 is 5.40. The van der Waals surface area contributed by atoms with Crippen LogP contribution in [0.3, 0.4) is 0 Å². The number of benzene rings is 3. The molecule has 5 rings (SSSR count). The summed E-state index contributed by atoms with van der Waals surface area (Å²) in [6, 6.07) is 23.9. The Morgan fingerprint density at radius 1 is 0.828 bits per heavy atom. The molecule has 3 aromatic carbocycles. The van der Waals surface area contributed by atoms with E-state index >= 15 is 0 Å². The quantitative estimate of drug-likeness (QED) is 0.544. The molecule has 1 aliphatic carbocycles. The Labute approximate surface area is 169 Å². The van der Waals surface area contributed by atoms with Crippen LogP contribution in [-0.4, -0.2) is 42.8 Å². The van der Waals surface area contributed by atoms with Crippen molar-refractivity contribution in [1.82, 2.24) is 4.90 Å². The minimum absolute atomic E-state index is 0.0530. The molecular weight excluding hydrogens is 362 g/mol. The third kappa shape index (κ3) is 3.19. The monoisotopic (exact) mass is 383 g/mol. The third-order valence-corrected chi connectivity index (χ3v) is 5.37. The van der Waals surface area contributed by atoms with E-state index < -0.39 is 0 Å². The van der Waals surface area contributed by atoms with Crippen molar-refractivity contribution in [3.63, 3.8) is 0 Å². The Balaban J connectivity index is 1.59. The summed E-state index contributed by atoms with van der Waals surface area (Å²) in [5, 5.41) is 4.71. The lowest BCUT2D eigenvalue weighted by Crippen LogP contribution is -2.40. The van der Waals surface area contributed by atoms with Gasteiger partial charge in [-0.2, -0.15) is 5.10 Å². The van der Waals surface area contributed by atoms with E-state index in [1.54, 1.807) is 0 Å². The number of amides is 1. The molecule has 2 aliphatic rings. The maximum atomic E-state index is 13.3. The first-order valence-electron chi connectivity index (χ1n) is 9.82. The van der Waals surface area contributed by atoms with Crippen molar-refractivity contribution in [3.05, 3.63) is 89.5 Å². The van der Waals surface area contributed by atoms with Crippen LogP contribution < -0.4 is 5.43 Å². The molecule has 1 saturated heterocycles. The standard InChI is InChI=1S/C24H21N3O2/c28-24(27-13-15-29-16-14-27)21-12-6-11-20-22(21)18-9-4-5-10-19(18)23(20)26-25-17-7-2-1-3-8-17/h1-12,25H,13-16H2/b26-23-. The van der Waals surface area contributed by atoms with Crippen LogP contribution in [-0.2, 0) is 4.74 Å². The van der Waals surface area contributed by atoms with E-state index in [2.05, 4.69) is 17.6 Å². The highest BCUT2D eigenvalue weighted by molar-refractivity contribution is 6.27. The summed E-state index contributed by atoms with van der Waals surface area (Å²) in [6.07, 6.45) is 0. The van der Waals surface area contributed by atoms with Crippen LogP contribution >= 0.6 is 0 Å². The second-order valence-corrected chi connectivity index (χ2v) is 7.12. The van der Waals surface area contributed by atoms with E-state index in [4.69, 9.17) is 9.84 Å². The van der Waals surface area contributed by atoms with Crippen molar-refractivity contribution < 1.29 is 9.53 Å². The van der Waals surface area contributed by atoms with Gasteiger partial charge in [-0.3, -0.25) is 10.2 Å². The average Bonchev–Trinajstić information content (AvgIpc) is 3.12. The molecule has 0 spiro atoms. The first kappa shape index (κ1) is 17.6. The van der Waals surface area contributed by atoms with Crippen molar-refractivity contribution in [2.75, 3.05) is 31.7 Å². The summed E-state index contributed by atoms with van der Waals surface area (Å²) in [5.41, 5.74) is 9.69. The molecule has 1 aliphatic heterocycles. The van der Waals surface area contributed by atoms with Crippen LogP contribution in [0.5, 0.6) is 0 Å². The molecule has 0 aromatic heterocycles. The molecule has 5 heteroatoms. The van der Waals surface area contributed by atoms with E-state index in [0.717, 1.165) is 39.2 Å². The topological polar surface area (TPSA) is 53.9 Å². The minimum atomic E-state index is 0.0530. The van der Waals surface area contributed by atoms with Gasteiger partial charge in [0.05, 0.1) is 24.6 Å². The fourth-order valence-corrected chi connectivity index (χ4v) is 3.96. The molecule has 29 heavy (non-hydrogen) atoms. The van der Waals surface area contributed by atoms with E-state index in [1.807, 2.05) is 65.6 Å². The molecule has 5 nitrogen and oxygen atoms in total. The van der Waals surface area contributed by atoms with Crippen molar-refractivity contribution in [1.29, 1.82) is 0 Å². The molecule has 1 fully saturated rings.